The number of sulfonamides is 1. The Kier molecular flexibility index (Phi) is 4.38. The second kappa shape index (κ2) is 5.55. The van der Waals surface area contributed by atoms with Gasteiger partial charge in [0.2, 0.25) is 10.0 Å². The van der Waals surface area contributed by atoms with Crippen molar-refractivity contribution in [3.8, 4) is 0 Å². The van der Waals surface area contributed by atoms with Gasteiger partial charge in [-0.15, -0.1) is 0 Å². The highest BCUT2D eigenvalue weighted by molar-refractivity contribution is 7.90. The van der Waals surface area contributed by atoms with Gasteiger partial charge in [-0.1, -0.05) is 0 Å². The molecular formula is C10H18F3N3O2S. The third kappa shape index (κ3) is 4.04. The predicted molar refractivity (Wildman–Crippen MR) is 64.2 cm³/mol. The molecule has 1 aliphatic carbocycles. The van der Waals surface area contributed by atoms with Crippen LogP contribution in [0.15, 0.2) is 0 Å². The number of rotatable bonds is 5. The lowest BCUT2D eigenvalue weighted by Crippen LogP contribution is -2.57. The van der Waals surface area contributed by atoms with Crippen LogP contribution in [0.2, 0.25) is 0 Å². The molecule has 2 rings (SSSR count). The maximum absolute atomic E-state index is 13.0. The Balaban J connectivity index is 1.97. The molecule has 1 unspecified atom stereocenters. The quantitative estimate of drug-likeness (QED) is 0.745. The molecule has 1 aliphatic heterocycles. The summed E-state index contributed by atoms with van der Waals surface area (Å²) in [5, 5.41) is 2.48. The van der Waals surface area contributed by atoms with E-state index in [4.69, 9.17) is 0 Å². The average molecular weight is 301 g/mol. The summed E-state index contributed by atoms with van der Waals surface area (Å²) >= 11 is 0. The zero-order chi connectivity index (χ0) is 14.1. The van der Waals surface area contributed by atoms with Crippen LogP contribution in [0.3, 0.4) is 0 Å². The average Bonchev–Trinajstić information content (AvgIpc) is 3.12. The standard InChI is InChI=1S/C10H18F3N3O2S/c11-10(12,13)9(16-5-3-14-4-6-16)7-15-19(17,18)8-1-2-8/h8-9,14-15H,1-7H2. The van der Waals surface area contributed by atoms with Crippen molar-refractivity contribution in [2.24, 2.45) is 0 Å². The lowest BCUT2D eigenvalue weighted by Gasteiger charge is -2.35. The molecule has 1 saturated heterocycles. The Bertz CT molecular complexity index is 403. The van der Waals surface area contributed by atoms with Crippen LogP contribution < -0.4 is 10.0 Å². The van der Waals surface area contributed by atoms with Crippen LogP contribution in [-0.2, 0) is 10.0 Å². The number of nitrogens with zero attached hydrogens (tertiary/aromatic N) is 1. The normalized spacial score (nSPS) is 24.4. The Labute approximate surface area is 110 Å². The molecule has 19 heavy (non-hydrogen) atoms. The second-order valence-corrected chi connectivity index (χ2v) is 6.98. The first kappa shape index (κ1) is 15.0. The van der Waals surface area contributed by atoms with Crippen LogP contribution in [0.5, 0.6) is 0 Å². The van der Waals surface area contributed by atoms with Gasteiger partial charge < -0.3 is 5.32 Å². The van der Waals surface area contributed by atoms with E-state index in [1.54, 1.807) is 0 Å². The van der Waals surface area contributed by atoms with Gasteiger partial charge in [-0.25, -0.2) is 13.1 Å². The van der Waals surface area contributed by atoms with Gasteiger partial charge in [-0.05, 0) is 12.8 Å². The minimum Gasteiger partial charge on any atom is -0.314 e. The van der Waals surface area contributed by atoms with Gasteiger partial charge in [0.05, 0.1) is 5.25 Å². The molecule has 0 amide bonds. The van der Waals surface area contributed by atoms with E-state index in [0.717, 1.165) is 0 Å². The monoisotopic (exact) mass is 301 g/mol. The summed E-state index contributed by atoms with van der Waals surface area (Å²) in [6.07, 6.45) is -3.34. The smallest absolute Gasteiger partial charge is 0.314 e. The zero-order valence-electron chi connectivity index (χ0n) is 10.4. The number of piperazine rings is 1. The summed E-state index contributed by atoms with van der Waals surface area (Å²) < 4.78 is 64.3. The molecule has 112 valence electrons. The minimum absolute atomic E-state index is 0.273. The fourth-order valence-electron chi connectivity index (χ4n) is 2.14. The third-order valence-corrected chi connectivity index (χ3v) is 5.33. The van der Waals surface area contributed by atoms with E-state index in [1.165, 1.54) is 4.90 Å². The van der Waals surface area contributed by atoms with Crippen molar-refractivity contribution in [3.05, 3.63) is 0 Å². The first-order valence-electron chi connectivity index (χ1n) is 6.30. The SMILES string of the molecule is O=S(=O)(NCC(N1CCNCC1)C(F)(F)F)C1CC1. The summed E-state index contributed by atoms with van der Waals surface area (Å²) in [4.78, 5) is 1.28. The predicted octanol–water partition coefficient (Wildman–Crippen LogP) is -0.0957. The lowest BCUT2D eigenvalue weighted by atomic mass is 10.2. The molecule has 2 aliphatic rings. The van der Waals surface area contributed by atoms with Crippen molar-refractivity contribution in [1.82, 2.24) is 14.9 Å². The van der Waals surface area contributed by atoms with E-state index < -0.39 is 34.0 Å². The van der Waals surface area contributed by atoms with Crippen molar-refractivity contribution < 1.29 is 21.6 Å². The molecular weight excluding hydrogens is 283 g/mol. The van der Waals surface area contributed by atoms with E-state index in [1.807, 2.05) is 0 Å². The topological polar surface area (TPSA) is 61.4 Å². The summed E-state index contributed by atoms with van der Waals surface area (Å²) in [5.74, 6) is 0. The molecule has 9 heteroatoms. The lowest BCUT2D eigenvalue weighted by molar-refractivity contribution is -0.182. The van der Waals surface area contributed by atoms with Gasteiger partial charge in [0.1, 0.15) is 6.04 Å². The highest BCUT2D eigenvalue weighted by Gasteiger charge is 2.45. The summed E-state index contributed by atoms with van der Waals surface area (Å²) in [6.45, 7) is 0.927. The van der Waals surface area contributed by atoms with Gasteiger partial charge in [-0.3, -0.25) is 4.90 Å². The molecule has 1 atom stereocenters. The molecule has 1 saturated carbocycles. The summed E-state index contributed by atoms with van der Waals surface area (Å²) in [7, 11) is -3.57. The van der Waals surface area contributed by atoms with Crippen LogP contribution in [0.25, 0.3) is 0 Å². The molecule has 0 aromatic heterocycles. The molecule has 2 N–H and O–H groups in total. The molecule has 5 nitrogen and oxygen atoms in total. The first-order chi connectivity index (χ1) is 8.81. The fourth-order valence-corrected chi connectivity index (χ4v) is 3.52. The highest BCUT2D eigenvalue weighted by Crippen LogP contribution is 2.29. The number of alkyl halides is 3. The number of hydrogen-bond donors (Lipinski definition) is 2. The Hall–Kier alpha value is -0.380. The minimum atomic E-state index is -4.43. The van der Waals surface area contributed by atoms with Gasteiger partial charge >= 0.3 is 6.18 Å². The van der Waals surface area contributed by atoms with Crippen LogP contribution in [0, 0.1) is 0 Å². The van der Waals surface area contributed by atoms with Crippen LogP contribution in [0.4, 0.5) is 13.2 Å². The van der Waals surface area contributed by atoms with Crippen LogP contribution in [0.1, 0.15) is 12.8 Å². The largest absolute Gasteiger partial charge is 0.405 e. The first-order valence-corrected chi connectivity index (χ1v) is 7.85. The van der Waals surface area contributed by atoms with E-state index in [0.29, 0.717) is 25.9 Å². The third-order valence-electron chi connectivity index (χ3n) is 3.41. The Morgan fingerprint density at radius 3 is 2.32 bits per heavy atom. The summed E-state index contributed by atoms with van der Waals surface area (Å²) in [5.41, 5.74) is 0. The Morgan fingerprint density at radius 1 is 1.26 bits per heavy atom. The van der Waals surface area contributed by atoms with Crippen molar-refractivity contribution in [2.45, 2.75) is 30.3 Å². The number of halogens is 3. The number of hydrogen-bond acceptors (Lipinski definition) is 4. The van der Waals surface area contributed by atoms with Crippen molar-refractivity contribution in [1.29, 1.82) is 0 Å². The molecule has 0 aromatic carbocycles. The van der Waals surface area contributed by atoms with Crippen LogP contribution >= 0.6 is 0 Å². The van der Waals surface area contributed by atoms with Crippen molar-refractivity contribution in [2.75, 3.05) is 32.7 Å². The Morgan fingerprint density at radius 2 is 1.84 bits per heavy atom. The van der Waals surface area contributed by atoms with Crippen molar-refractivity contribution >= 4 is 10.0 Å². The molecule has 0 radical (unpaired) electrons. The highest BCUT2D eigenvalue weighted by atomic mass is 32.2. The van der Waals surface area contributed by atoms with Gasteiger partial charge in [0, 0.05) is 32.7 Å². The molecule has 1 heterocycles. The maximum atomic E-state index is 13.0. The van der Waals surface area contributed by atoms with Gasteiger partial charge in [0.15, 0.2) is 0 Å². The number of nitrogens with one attached hydrogen (secondary N) is 2. The van der Waals surface area contributed by atoms with Gasteiger partial charge in [-0.2, -0.15) is 13.2 Å². The molecule has 2 fully saturated rings. The van der Waals surface area contributed by atoms with E-state index in [2.05, 4.69) is 10.0 Å². The maximum Gasteiger partial charge on any atom is 0.405 e. The second-order valence-electron chi connectivity index (χ2n) is 4.94. The zero-order valence-corrected chi connectivity index (χ0v) is 11.2. The van der Waals surface area contributed by atoms with Crippen molar-refractivity contribution in [3.63, 3.8) is 0 Å². The fraction of sp³-hybridized carbons (Fsp3) is 1.00. The van der Waals surface area contributed by atoms with E-state index >= 15 is 0 Å². The van der Waals surface area contributed by atoms with Crippen LogP contribution in [-0.4, -0.2) is 63.5 Å². The summed E-state index contributed by atoms with van der Waals surface area (Å²) in [6, 6.07) is -1.75. The molecule has 0 aromatic rings. The molecule has 0 bridgehead atoms. The molecule has 0 spiro atoms. The van der Waals surface area contributed by atoms with E-state index in [-0.39, 0.29) is 13.1 Å². The van der Waals surface area contributed by atoms with Gasteiger partial charge in [0.25, 0.3) is 0 Å². The van der Waals surface area contributed by atoms with E-state index in [9.17, 15) is 21.6 Å².